The predicted molar refractivity (Wildman–Crippen MR) is 127 cm³/mol. The summed E-state index contributed by atoms with van der Waals surface area (Å²) in [6, 6.07) is 2.07. The summed E-state index contributed by atoms with van der Waals surface area (Å²) in [7, 11) is 5.33. The summed E-state index contributed by atoms with van der Waals surface area (Å²) in [5.41, 5.74) is 3.05. The number of fused-ring (bicyclic) bond motifs is 1. The second kappa shape index (κ2) is 14.9. The van der Waals surface area contributed by atoms with Gasteiger partial charge in [0.15, 0.2) is 0 Å². The zero-order valence-corrected chi connectivity index (χ0v) is 21.7. The van der Waals surface area contributed by atoms with E-state index in [2.05, 4.69) is 16.3 Å². The second-order valence-corrected chi connectivity index (χ2v) is 8.95. The Morgan fingerprint density at radius 2 is 1.56 bits per heavy atom. The number of rotatable bonds is 7. The van der Waals surface area contributed by atoms with Crippen LogP contribution in [-0.2, 0) is 27.2 Å². The van der Waals surface area contributed by atoms with Crippen LogP contribution in [0.2, 0.25) is 0 Å². The fourth-order valence-corrected chi connectivity index (χ4v) is 3.23. The topological polar surface area (TPSA) is 132 Å². The maximum atomic E-state index is 12.6. The molecule has 3 N–H and O–H groups in total. The highest BCUT2D eigenvalue weighted by molar-refractivity contribution is 5.98. The van der Waals surface area contributed by atoms with Crippen molar-refractivity contribution < 1.29 is 55.7 Å². The minimum Gasteiger partial charge on any atom is -0.475 e. The Morgan fingerprint density at radius 3 is 2.00 bits per heavy atom. The number of pyridine rings is 1. The minimum absolute atomic E-state index is 0.0223. The number of carboxylic acid groups (broad SMARTS) is 2. The zero-order chi connectivity index (χ0) is 30.0. The number of carbonyl (C=O) groups is 3. The first-order chi connectivity index (χ1) is 18.0. The summed E-state index contributed by atoms with van der Waals surface area (Å²) in [4.78, 5) is 39.3. The van der Waals surface area contributed by atoms with Crippen LogP contribution in [0, 0.1) is 5.92 Å². The van der Waals surface area contributed by atoms with Gasteiger partial charge in [-0.25, -0.2) is 14.6 Å². The number of nitrogens with one attached hydrogen (secondary N) is 1. The molecule has 1 saturated carbocycles. The van der Waals surface area contributed by atoms with Gasteiger partial charge < -0.3 is 30.1 Å². The van der Waals surface area contributed by atoms with Crippen molar-refractivity contribution in [1.82, 2.24) is 14.8 Å². The van der Waals surface area contributed by atoms with Crippen molar-refractivity contribution in [3.05, 3.63) is 22.9 Å². The Labute approximate surface area is 220 Å². The molecule has 16 heteroatoms. The van der Waals surface area contributed by atoms with Crippen molar-refractivity contribution in [2.45, 2.75) is 38.0 Å². The molecule has 0 saturated heterocycles. The molecular formula is C23H32F6N4O6. The molecule has 2 heterocycles. The van der Waals surface area contributed by atoms with Crippen LogP contribution in [-0.4, -0.2) is 109 Å². The Hall–Kier alpha value is -3.14. The Kier molecular flexibility index (Phi) is 12.9. The fraction of sp³-hybridized carbons (Fsp3) is 0.652. The molecule has 0 aromatic carbocycles. The van der Waals surface area contributed by atoms with Crippen LogP contribution >= 0.6 is 0 Å². The largest absolute Gasteiger partial charge is 0.490 e. The maximum absolute atomic E-state index is 12.6. The van der Waals surface area contributed by atoms with E-state index >= 15 is 0 Å². The highest BCUT2D eigenvalue weighted by Crippen LogP contribution is 2.30. The highest BCUT2D eigenvalue weighted by Gasteiger charge is 2.38. The van der Waals surface area contributed by atoms with E-state index in [1.54, 1.807) is 26.1 Å². The average Bonchev–Trinajstić information content (AvgIpc) is 3.67. The van der Waals surface area contributed by atoms with Gasteiger partial charge in [-0.15, -0.1) is 0 Å². The van der Waals surface area contributed by atoms with Gasteiger partial charge in [-0.05, 0) is 36.8 Å². The van der Waals surface area contributed by atoms with Gasteiger partial charge in [0.2, 0.25) is 0 Å². The summed E-state index contributed by atoms with van der Waals surface area (Å²) in [5, 5.41) is 17.7. The van der Waals surface area contributed by atoms with Crippen molar-refractivity contribution >= 4 is 23.7 Å². The molecule has 1 amide bonds. The van der Waals surface area contributed by atoms with Crippen LogP contribution in [0.25, 0.3) is 0 Å². The van der Waals surface area contributed by atoms with Crippen LogP contribution in [0.15, 0.2) is 6.07 Å². The standard InChI is InChI=1S/C19H30N4O2.2C2HF3O2/c1-22(2)19(24)16-12-15-6-8-23(10-11-25-3)9-7-17(15)21-18(16)20-13-14-4-5-14;2*3-2(4,5)1(6)7/h12,14H,4-11,13H2,1-3H3,(H,20,21);2*(H,6,7). The van der Waals surface area contributed by atoms with Gasteiger partial charge in [-0.3, -0.25) is 4.79 Å². The number of ether oxygens (including phenoxy) is 1. The van der Waals surface area contributed by atoms with Gasteiger partial charge >= 0.3 is 24.3 Å². The lowest BCUT2D eigenvalue weighted by Crippen LogP contribution is -2.29. The van der Waals surface area contributed by atoms with Gasteiger partial charge in [0.05, 0.1) is 12.2 Å². The normalized spacial score (nSPS) is 15.4. The van der Waals surface area contributed by atoms with E-state index in [4.69, 9.17) is 29.5 Å². The van der Waals surface area contributed by atoms with Crippen LogP contribution in [0.1, 0.15) is 34.5 Å². The number of hydrogen-bond donors (Lipinski definition) is 3. The molecule has 222 valence electrons. The molecule has 1 aromatic rings. The first-order valence-electron chi connectivity index (χ1n) is 11.8. The van der Waals surface area contributed by atoms with Crippen molar-refractivity contribution in [3.63, 3.8) is 0 Å². The number of halogens is 6. The minimum atomic E-state index is -5.08. The fourth-order valence-electron chi connectivity index (χ4n) is 3.23. The molecule has 10 nitrogen and oxygen atoms in total. The molecule has 39 heavy (non-hydrogen) atoms. The lowest BCUT2D eigenvalue weighted by molar-refractivity contribution is -0.193. The Morgan fingerprint density at radius 1 is 1.05 bits per heavy atom. The molecular weight excluding hydrogens is 542 g/mol. The summed E-state index contributed by atoms with van der Waals surface area (Å²) in [5.74, 6) is -3.99. The van der Waals surface area contributed by atoms with Gasteiger partial charge in [0.1, 0.15) is 5.82 Å². The van der Waals surface area contributed by atoms with E-state index in [1.807, 2.05) is 0 Å². The zero-order valence-electron chi connectivity index (χ0n) is 21.7. The maximum Gasteiger partial charge on any atom is 0.490 e. The summed E-state index contributed by atoms with van der Waals surface area (Å²) >= 11 is 0. The smallest absolute Gasteiger partial charge is 0.475 e. The SMILES string of the molecule is COCCN1CCc2cc(C(=O)N(C)C)c(NCC3CC3)nc2CC1.O=C(O)C(F)(F)F.O=C(O)C(F)(F)F. The van der Waals surface area contributed by atoms with E-state index in [0.29, 0.717) is 5.56 Å². The van der Waals surface area contributed by atoms with Crippen molar-refractivity contribution in [3.8, 4) is 0 Å². The number of carbonyl (C=O) groups excluding carboxylic acids is 1. The van der Waals surface area contributed by atoms with Crippen LogP contribution in [0.5, 0.6) is 0 Å². The lowest BCUT2D eigenvalue weighted by atomic mass is 10.0. The Bertz CT molecular complexity index is 959. The lowest BCUT2D eigenvalue weighted by Gasteiger charge is -2.18. The molecule has 1 aliphatic carbocycles. The van der Waals surface area contributed by atoms with E-state index in [1.165, 1.54) is 18.4 Å². The van der Waals surface area contributed by atoms with Crippen LogP contribution in [0.4, 0.5) is 32.2 Å². The molecule has 0 bridgehead atoms. The van der Waals surface area contributed by atoms with Crippen molar-refractivity contribution in [2.24, 2.45) is 5.92 Å². The molecule has 1 aromatic heterocycles. The number of anilines is 1. The summed E-state index contributed by atoms with van der Waals surface area (Å²) in [6.45, 7) is 4.59. The highest BCUT2D eigenvalue weighted by atomic mass is 19.4. The molecule has 0 unspecified atom stereocenters. The number of nitrogens with zero attached hydrogens (tertiary/aromatic N) is 3. The van der Waals surface area contributed by atoms with Crippen LogP contribution in [0.3, 0.4) is 0 Å². The van der Waals surface area contributed by atoms with E-state index in [-0.39, 0.29) is 5.91 Å². The second-order valence-electron chi connectivity index (χ2n) is 8.95. The average molecular weight is 575 g/mol. The number of methoxy groups -OCH3 is 1. The molecule has 0 atom stereocenters. The number of carboxylic acids is 2. The molecule has 0 spiro atoms. The summed E-state index contributed by atoms with van der Waals surface area (Å²) < 4.78 is 68.7. The van der Waals surface area contributed by atoms with Gasteiger partial charge in [-0.1, -0.05) is 0 Å². The molecule has 2 aliphatic rings. The van der Waals surface area contributed by atoms with Crippen molar-refractivity contribution in [1.29, 1.82) is 0 Å². The molecule has 0 radical (unpaired) electrons. The first-order valence-corrected chi connectivity index (χ1v) is 11.8. The van der Waals surface area contributed by atoms with E-state index in [9.17, 15) is 31.1 Å². The first kappa shape index (κ1) is 33.9. The number of hydrogen-bond acceptors (Lipinski definition) is 7. The molecule has 3 rings (SSSR count). The predicted octanol–water partition coefficient (Wildman–Crippen LogP) is 2.92. The van der Waals surface area contributed by atoms with Crippen LogP contribution < -0.4 is 5.32 Å². The third-order valence-electron chi connectivity index (χ3n) is 5.54. The van der Waals surface area contributed by atoms with Gasteiger partial charge in [-0.2, -0.15) is 26.3 Å². The quantitative estimate of drug-likeness (QED) is 0.421. The van der Waals surface area contributed by atoms with E-state index in [0.717, 1.165) is 63.1 Å². The number of aliphatic carboxylic acids is 2. The third kappa shape index (κ3) is 12.5. The Balaban J connectivity index is 0.000000449. The van der Waals surface area contributed by atoms with E-state index < -0.39 is 24.3 Å². The molecule has 1 fully saturated rings. The monoisotopic (exact) mass is 574 g/mol. The number of amides is 1. The van der Waals surface area contributed by atoms with Gasteiger partial charge in [0, 0.05) is 59.5 Å². The molecule has 1 aliphatic heterocycles. The third-order valence-corrected chi connectivity index (χ3v) is 5.54. The number of alkyl halides is 6. The number of aromatic nitrogens is 1. The van der Waals surface area contributed by atoms with Gasteiger partial charge in [0.25, 0.3) is 5.91 Å². The summed E-state index contributed by atoms with van der Waals surface area (Å²) in [6.07, 6.45) is -5.75. The van der Waals surface area contributed by atoms with Crippen molar-refractivity contribution in [2.75, 3.05) is 59.3 Å².